The summed E-state index contributed by atoms with van der Waals surface area (Å²) in [5, 5.41) is 4.33. The number of halogens is 7. The SMILES string of the molecule is C=S1(=O)CC(NC(=O)c2ccc(/C=C/C(=O)NC(c3cccc(C(F)(F)F)c3)C(F)(F)F)cc2Cl)C1. The lowest BCUT2D eigenvalue weighted by molar-refractivity contribution is -0.162. The molecule has 1 aliphatic heterocycles. The van der Waals surface area contributed by atoms with Crippen LogP contribution in [0.25, 0.3) is 6.08 Å². The zero-order valence-electron chi connectivity index (χ0n) is 18.3. The number of alkyl halides is 6. The topological polar surface area (TPSA) is 75.3 Å². The van der Waals surface area contributed by atoms with Crippen molar-refractivity contribution < 1.29 is 40.1 Å². The van der Waals surface area contributed by atoms with Gasteiger partial charge < -0.3 is 10.6 Å². The van der Waals surface area contributed by atoms with Gasteiger partial charge in [-0.25, -0.2) is 0 Å². The predicted octanol–water partition coefficient (Wildman–Crippen LogP) is 4.62. The van der Waals surface area contributed by atoms with Crippen molar-refractivity contribution >= 4 is 44.9 Å². The lowest BCUT2D eigenvalue weighted by Gasteiger charge is -2.30. The van der Waals surface area contributed by atoms with Crippen LogP contribution in [0.2, 0.25) is 5.02 Å². The molecule has 3 rings (SSSR count). The second-order valence-electron chi connectivity index (χ2n) is 8.15. The first-order chi connectivity index (χ1) is 16.5. The summed E-state index contributed by atoms with van der Waals surface area (Å²) in [5.41, 5.74) is -1.69. The molecule has 2 N–H and O–H groups in total. The van der Waals surface area contributed by atoms with Gasteiger partial charge in [0.1, 0.15) is 0 Å². The molecule has 0 radical (unpaired) electrons. The fraction of sp³-hybridized carbons (Fsp3) is 0.261. The van der Waals surface area contributed by atoms with Gasteiger partial charge in [0, 0.05) is 17.6 Å². The van der Waals surface area contributed by atoms with Gasteiger partial charge in [-0.3, -0.25) is 13.8 Å². The molecule has 1 heterocycles. The average Bonchev–Trinajstić information content (AvgIpc) is 2.73. The summed E-state index contributed by atoms with van der Waals surface area (Å²) in [6.07, 6.45) is -8.03. The molecule has 2 aromatic carbocycles. The highest BCUT2D eigenvalue weighted by Crippen LogP contribution is 2.36. The molecule has 1 fully saturated rings. The first-order valence-electron chi connectivity index (χ1n) is 10.2. The summed E-state index contributed by atoms with van der Waals surface area (Å²) in [6, 6.07) is 3.68. The van der Waals surface area contributed by atoms with Crippen LogP contribution in [0.3, 0.4) is 0 Å². The van der Waals surface area contributed by atoms with Gasteiger partial charge >= 0.3 is 12.4 Å². The van der Waals surface area contributed by atoms with Gasteiger partial charge in [0.15, 0.2) is 6.04 Å². The smallest absolute Gasteiger partial charge is 0.347 e. The summed E-state index contributed by atoms with van der Waals surface area (Å²) in [7, 11) is -2.15. The molecule has 0 aliphatic carbocycles. The molecule has 2 aromatic rings. The van der Waals surface area contributed by atoms with E-state index >= 15 is 0 Å². The Morgan fingerprint density at radius 2 is 1.75 bits per heavy atom. The second-order valence-corrected chi connectivity index (χ2v) is 11.2. The molecular weight excluding hydrogens is 534 g/mol. The molecule has 0 saturated carbocycles. The fourth-order valence-corrected chi connectivity index (χ4v) is 5.27. The van der Waals surface area contributed by atoms with E-state index in [9.17, 15) is 40.1 Å². The molecule has 13 heteroatoms. The maximum atomic E-state index is 13.5. The summed E-state index contributed by atoms with van der Waals surface area (Å²) in [6.45, 7) is 0. The van der Waals surface area contributed by atoms with Crippen LogP contribution in [0.4, 0.5) is 26.3 Å². The number of carbonyl (C=O) groups excluding carboxylic acids is 2. The van der Waals surface area contributed by atoms with E-state index in [1.807, 2.05) is 0 Å². The molecule has 1 unspecified atom stereocenters. The third-order valence-electron chi connectivity index (χ3n) is 5.17. The Kier molecular flexibility index (Phi) is 7.80. The van der Waals surface area contributed by atoms with Gasteiger partial charge in [0.05, 0.1) is 22.2 Å². The van der Waals surface area contributed by atoms with Crippen molar-refractivity contribution in [2.45, 2.75) is 24.4 Å². The van der Waals surface area contributed by atoms with E-state index in [4.69, 9.17) is 11.6 Å². The van der Waals surface area contributed by atoms with Gasteiger partial charge in [0.25, 0.3) is 5.91 Å². The minimum absolute atomic E-state index is 0.00173. The number of nitrogens with one attached hydrogen (secondary N) is 2. The minimum atomic E-state index is -5.06. The van der Waals surface area contributed by atoms with Crippen LogP contribution < -0.4 is 10.6 Å². The summed E-state index contributed by atoms with van der Waals surface area (Å²) in [4.78, 5) is 24.5. The Morgan fingerprint density at radius 1 is 1.08 bits per heavy atom. The van der Waals surface area contributed by atoms with Crippen molar-refractivity contribution in [1.82, 2.24) is 10.6 Å². The van der Waals surface area contributed by atoms with Crippen LogP contribution in [-0.2, 0) is 20.5 Å². The van der Waals surface area contributed by atoms with E-state index in [0.717, 1.165) is 24.3 Å². The van der Waals surface area contributed by atoms with Gasteiger partial charge in [-0.2, -0.15) is 26.3 Å². The van der Waals surface area contributed by atoms with Crippen molar-refractivity contribution in [3.63, 3.8) is 0 Å². The van der Waals surface area contributed by atoms with Crippen molar-refractivity contribution in [2.75, 3.05) is 11.5 Å². The quantitative estimate of drug-likeness (QED) is 0.312. The summed E-state index contributed by atoms with van der Waals surface area (Å²) in [5.74, 6) is 2.32. The molecule has 194 valence electrons. The monoisotopic (exact) mass is 552 g/mol. The molecular formula is C23H19ClF6N2O3S. The molecule has 0 bridgehead atoms. The number of carbonyl (C=O) groups is 2. The molecule has 0 spiro atoms. The van der Waals surface area contributed by atoms with E-state index < -0.39 is 50.9 Å². The third-order valence-corrected chi connectivity index (χ3v) is 7.50. The largest absolute Gasteiger partial charge is 0.416 e. The average molecular weight is 553 g/mol. The Balaban J connectivity index is 1.70. The fourth-order valence-electron chi connectivity index (χ4n) is 3.46. The van der Waals surface area contributed by atoms with E-state index in [2.05, 4.69) is 11.2 Å². The number of hydrogen-bond donors (Lipinski definition) is 2. The maximum Gasteiger partial charge on any atom is 0.416 e. The van der Waals surface area contributed by atoms with Crippen molar-refractivity contribution in [3.8, 4) is 0 Å². The van der Waals surface area contributed by atoms with Gasteiger partial charge in [-0.15, -0.1) is 0 Å². The van der Waals surface area contributed by atoms with Gasteiger partial charge in [0.2, 0.25) is 5.91 Å². The number of benzene rings is 2. The normalized spacial score (nSPS) is 21.0. The second kappa shape index (κ2) is 10.2. The van der Waals surface area contributed by atoms with Crippen molar-refractivity contribution in [1.29, 1.82) is 0 Å². The minimum Gasteiger partial charge on any atom is -0.347 e. The van der Waals surface area contributed by atoms with Crippen LogP contribution in [0.1, 0.15) is 33.1 Å². The Morgan fingerprint density at radius 3 is 2.31 bits per heavy atom. The lowest BCUT2D eigenvalue weighted by Crippen LogP contribution is -2.52. The highest BCUT2D eigenvalue weighted by Gasteiger charge is 2.42. The summed E-state index contributed by atoms with van der Waals surface area (Å²) < 4.78 is 90.8. The lowest BCUT2D eigenvalue weighted by atomic mass is 10.0. The van der Waals surface area contributed by atoms with Crippen LogP contribution in [0.15, 0.2) is 48.5 Å². The van der Waals surface area contributed by atoms with E-state index in [-0.39, 0.29) is 33.7 Å². The molecule has 1 aliphatic rings. The van der Waals surface area contributed by atoms with Crippen molar-refractivity contribution in [2.24, 2.45) is 0 Å². The van der Waals surface area contributed by atoms with Gasteiger partial charge in [-0.05, 0) is 56.9 Å². The zero-order chi connectivity index (χ0) is 26.9. The first-order valence-corrected chi connectivity index (χ1v) is 12.6. The zero-order valence-corrected chi connectivity index (χ0v) is 19.8. The highest BCUT2D eigenvalue weighted by atomic mass is 35.5. The van der Waals surface area contributed by atoms with Crippen LogP contribution >= 0.6 is 11.6 Å². The molecule has 36 heavy (non-hydrogen) atoms. The predicted molar refractivity (Wildman–Crippen MR) is 125 cm³/mol. The van der Waals surface area contributed by atoms with E-state index in [1.165, 1.54) is 18.2 Å². The summed E-state index contributed by atoms with van der Waals surface area (Å²) >= 11 is 6.11. The molecule has 2 amide bonds. The molecule has 5 nitrogen and oxygen atoms in total. The number of hydrogen-bond acceptors (Lipinski definition) is 3. The molecule has 1 saturated heterocycles. The van der Waals surface area contributed by atoms with Crippen LogP contribution in [-0.4, -0.2) is 45.6 Å². The Labute approximate surface area is 207 Å². The first kappa shape index (κ1) is 27.6. The maximum absolute atomic E-state index is 13.5. The molecule has 1 atom stereocenters. The highest BCUT2D eigenvalue weighted by molar-refractivity contribution is 8.01. The Hall–Kier alpha value is -2.99. The number of amides is 2. The van der Waals surface area contributed by atoms with Crippen LogP contribution in [0.5, 0.6) is 0 Å². The standard InChI is InChI=1S/C23H19ClF6N2O3S/c1-36(35)11-16(12-36)31-21(34)17-7-5-13(9-18(17)24)6-8-19(33)32-20(23(28,29)30)14-3-2-4-15(10-14)22(25,26)27/h2-10,16,20H,1,11-12H2,(H,31,34)(H,32,33)/b8-6+. The van der Waals surface area contributed by atoms with Crippen molar-refractivity contribution in [3.05, 3.63) is 75.8 Å². The van der Waals surface area contributed by atoms with Crippen LogP contribution in [0, 0.1) is 0 Å². The van der Waals surface area contributed by atoms with E-state index in [0.29, 0.717) is 12.1 Å². The Bertz CT molecular complexity index is 1290. The number of rotatable bonds is 6. The third kappa shape index (κ3) is 7.03. The van der Waals surface area contributed by atoms with E-state index in [1.54, 1.807) is 5.32 Å². The van der Waals surface area contributed by atoms with Gasteiger partial charge in [-0.1, -0.05) is 29.8 Å². The molecule has 0 aromatic heterocycles.